The van der Waals surface area contributed by atoms with Gasteiger partial charge in [0.2, 0.25) is 0 Å². The molecule has 0 aliphatic heterocycles. The van der Waals surface area contributed by atoms with Crippen molar-refractivity contribution < 1.29 is 10.2 Å². The van der Waals surface area contributed by atoms with Gasteiger partial charge in [-0.3, -0.25) is 0 Å². The Labute approximate surface area is 94.2 Å². The van der Waals surface area contributed by atoms with Gasteiger partial charge in [0.1, 0.15) is 12.7 Å². The van der Waals surface area contributed by atoms with Gasteiger partial charge in [-0.15, -0.1) is 0 Å². The quantitative estimate of drug-likeness (QED) is 0.708. The topological polar surface area (TPSA) is 40.5 Å². The Hall–Kier alpha value is -1.82. The van der Waals surface area contributed by atoms with Gasteiger partial charge < -0.3 is 10.2 Å². The number of rotatable bonds is 1. The van der Waals surface area contributed by atoms with Crippen molar-refractivity contribution in [2.45, 2.75) is 6.10 Å². The number of aliphatic hydroxyl groups is 2. The molecule has 2 N–H and O–H groups in total. The molecule has 0 aromatic heterocycles. The van der Waals surface area contributed by atoms with Gasteiger partial charge in [0.25, 0.3) is 0 Å². The molecule has 0 fully saturated rings. The van der Waals surface area contributed by atoms with Crippen molar-refractivity contribution in [3.63, 3.8) is 0 Å². The summed E-state index contributed by atoms with van der Waals surface area (Å²) >= 11 is 0. The first kappa shape index (κ1) is 10.7. The normalized spacial score (nSPS) is 11.9. The second kappa shape index (κ2) is 4.80. The third kappa shape index (κ3) is 2.22. The lowest BCUT2D eigenvalue weighted by Crippen LogP contribution is -1.93. The molecular formula is C14H12O2. The Kier molecular flexibility index (Phi) is 3.21. The maximum Gasteiger partial charge on any atom is 0.140 e. The molecule has 0 aliphatic carbocycles. The van der Waals surface area contributed by atoms with Crippen molar-refractivity contribution in [3.8, 4) is 11.8 Å². The Morgan fingerprint density at radius 3 is 2.56 bits per heavy atom. The van der Waals surface area contributed by atoms with E-state index in [9.17, 15) is 5.11 Å². The molecule has 0 saturated carbocycles. The maximum absolute atomic E-state index is 9.73. The van der Waals surface area contributed by atoms with Gasteiger partial charge in [0.15, 0.2) is 0 Å². The molecule has 1 unspecified atom stereocenters. The summed E-state index contributed by atoms with van der Waals surface area (Å²) in [5.41, 5.74) is 0.750. The van der Waals surface area contributed by atoms with Gasteiger partial charge in [-0.25, -0.2) is 0 Å². The minimum absolute atomic E-state index is 0.232. The highest BCUT2D eigenvalue weighted by atomic mass is 16.3. The van der Waals surface area contributed by atoms with Gasteiger partial charge >= 0.3 is 0 Å². The third-order valence-corrected chi connectivity index (χ3v) is 2.41. The minimum atomic E-state index is -0.836. The van der Waals surface area contributed by atoms with Gasteiger partial charge in [-0.2, -0.15) is 0 Å². The van der Waals surface area contributed by atoms with E-state index in [1.54, 1.807) is 0 Å². The summed E-state index contributed by atoms with van der Waals surface area (Å²) < 4.78 is 0. The number of hydrogen-bond donors (Lipinski definition) is 2. The van der Waals surface area contributed by atoms with Crippen molar-refractivity contribution in [3.05, 3.63) is 48.0 Å². The fourth-order valence-electron chi connectivity index (χ4n) is 1.60. The van der Waals surface area contributed by atoms with Crippen molar-refractivity contribution in [2.75, 3.05) is 6.61 Å². The van der Waals surface area contributed by atoms with Gasteiger partial charge in [0, 0.05) is 0 Å². The molecule has 2 aromatic carbocycles. The van der Waals surface area contributed by atoms with Gasteiger partial charge in [0.05, 0.1) is 0 Å². The Bertz CT molecular complexity index is 549. The maximum atomic E-state index is 9.73. The average molecular weight is 212 g/mol. The van der Waals surface area contributed by atoms with E-state index in [4.69, 9.17) is 5.11 Å². The second-order valence-corrected chi connectivity index (χ2v) is 3.49. The molecule has 0 saturated heterocycles. The van der Waals surface area contributed by atoms with E-state index in [1.165, 1.54) is 0 Å². The summed E-state index contributed by atoms with van der Waals surface area (Å²) in [5, 5.41) is 20.5. The molecule has 0 radical (unpaired) electrons. The van der Waals surface area contributed by atoms with Crippen LogP contribution in [0.25, 0.3) is 10.8 Å². The molecule has 2 heteroatoms. The van der Waals surface area contributed by atoms with Crippen molar-refractivity contribution in [1.29, 1.82) is 0 Å². The van der Waals surface area contributed by atoms with Crippen LogP contribution in [0, 0.1) is 11.8 Å². The van der Waals surface area contributed by atoms with Gasteiger partial charge in [-0.05, 0) is 22.4 Å². The summed E-state index contributed by atoms with van der Waals surface area (Å²) in [7, 11) is 0. The lowest BCUT2D eigenvalue weighted by atomic mass is 10.0. The van der Waals surface area contributed by atoms with E-state index in [1.807, 2.05) is 42.5 Å². The lowest BCUT2D eigenvalue weighted by Gasteiger charge is -2.05. The molecule has 2 aromatic rings. The average Bonchev–Trinajstić information content (AvgIpc) is 2.35. The molecule has 0 spiro atoms. The van der Waals surface area contributed by atoms with Crippen LogP contribution in [-0.2, 0) is 0 Å². The summed E-state index contributed by atoms with van der Waals surface area (Å²) in [5.74, 6) is 5.02. The Morgan fingerprint density at radius 2 is 1.81 bits per heavy atom. The van der Waals surface area contributed by atoms with E-state index in [0.29, 0.717) is 0 Å². The van der Waals surface area contributed by atoms with Gasteiger partial charge in [-0.1, -0.05) is 48.2 Å². The van der Waals surface area contributed by atoms with Crippen molar-refractivity contribution >= 4 is 10.8 Å². The highest BCUT2D eigenvalue weighted by Gasteiger charge is 2.03. The zero-order chi connectivity index (χ0) is 11.4. The smallest absolute Gasteiger partial charge is 0.140 e. The Morgan fingerprint density at radius 1 is 1.06 bits per heavy atom. The predicted octanol–water partition coefficient (Wildman–Crippen LogP) is 1.87. The molecule has 2 nitrogen and oxygen atoms in total. The standard InChI is InChI=1S/C14H12O2/c15-9-3-6-14(16)13-8-7-11-4-1-2-5-12(11)10-13/h1-2,4-5,7-8,10,14-16H,9H2. The van der Waals surface area contributed by atoms with Crippen molar-refractivity contribution in [2.24, 2.45) is 0 Å². The highest BCUT2D eigenvalue weighted by molar-refractivity contribution is 5.83. The van der Waals surface area contributed by atoms with Crippen LogP contribution in [0.15, 0.2) is 42.5 Å². The molecule has 16 heavy (non-hydrogen) atoms. The van der Waals surface area contributed by atoms with E-state index in [-0.39, 0.29) is 6.61 Å². The zero-order valence-corrected chi connectivity index (χ0v) is 8.72. The fraction of sp³-hybridized carbons (Fsp3) is 0.143. The molecule has 0 amide bonds. The summed E-state index contributed by atoms with van der Waals surface area (Å²) in [6.07, 6.45) is -0.836. The van der Waals surface area contributed by atoms with Crippen LogP contribution >= 0.6 is 0 Å². The van der Waals surface area contributed by atoms with Crippen LogP contribution in [0.5, 0.6) is 0 Å². The minimum Gasteiger partial charge on any atom is -0.384 e. The molecule has 0 heterocycles. The van der Waals surface area contributed by atoms with Crippen LogP contribution in [0.3, 0.4) is 0 Å². The van der Waals surface area contributed by atoms with Crippen LogP contribution in [-0.4, -0.2) is 16.8 Å². The third-order valence-electron chi connectivity index (χ3n) is 2.41. The summed E-state index contributed by atoms with van der Waals surface area (Å²) in [6, 6.07) is 13.7. The molecule has 0 bridgehead atoms. The van der Waals surface area contributed by atoms with Crippen molar-refractivity contribution in [1.82, 2.24) is 0 Å². The van der Waals surface area contributed by atoms with Crippen LogP contribution < -0.4 is 0 Å². The second-order valence-electron chi connectivity index (χ2n) is 3.49. The van der Waals surface area contributed by atoms with E-state index in [2.05, 4.69) is 11.8 Å². The Balaban J connectivity index is 2.39. The fourth-order valence-corrected chi connectivity index (χ4v) is 1.60. The first-order chi connectivity index (χ1) is 7.81. The largest absolute Gasteiger partial charge is 0.384 e. The van der Waals surface area contributed by atoms with E-state index in [0.717, 1.165) is 16.3 Å². The molecule has 2 rings (SSSR count). The number of fused-ring (bicyclic) bond motifs is 1. The molecule has 80 valence electrons. The van der Waals surface area contributed by atoms with Crippen LogP contribution in [0.2, 0.25) is 0 Å². The number of aliphatic hydroxyl groups excluding tert-OH is 2. The number of benzene rings is 2. The van der Waals surface area contributed by atoms with E-state index >= 15 is 0 Å². The predicted molar refractivity (Wildman–Crippen MR) is 63.8 cm³/mol. The zero-order valence-electron chi connectivity index (χ0n) is 8.72. The lowest BCUT2D eigenvalue weighted by molar-refractivity contribution is 0.238. The number of hydrogen-bond acceptors (Lipinski definition) is 2. The molecule has 1 atom stereocenters. The van der Waals surface area contributed by atoms with Crippen LogP contribution in [0.4, 0.5) is 0 Å². The highest BCUT2D eigenvalue weighted by Crippen LogP contribution is 2.19. The first-order valence-electron chi connectivity index (χ1n) is 5.07. The molecular weight excluding hydrogens is 200 g/mol. The monoisotopic (exact) mass is 212 g/mol. The molecule has 0 aliphatic rings. The first-order valence-corrected chi connectivity index (χ1v) is 5.07. The summed E-state index contributed by atoms with van der Waals surface area (Å²) in [6.45, 7) is -0.232. The van der Waals surface area contributed by atoms with Crippen LogP contribution in [0.1, 0.15) is 11.7 Å². The van der Waals surface area contributed by atoms with E-state index < -0.39 is 6.10 Å². The summed E-state index contributed by atoms with van der Waals surface area (Å²) in [4.78, 5) is 0. The SMILES string of the molecule is OCC#CC(O)c1ccc2ccccc2c1.